The van der Waals surface area contributed by atoms with Gasteiger partial charge in [-0.1, -0.05) is 12.7 Å². The van der Waals surface area contributed by atoms with Crippen LogP contribution >= 0.6 is 0 Å². The molecule has 0 amide bonds. The van der Waals surface area contributed by atoms with E-state index in [1.54, 1.807) is 12.1 Å². The fourth-order valence-electron chi connectivity index (χ4n) is 0.993. The third-order valence-corrected chi connectivity index (χ3v) is 1.59. The van der Waals surface area contributed by atoms with Crippen LogP contribution in [-0.2, 0) is 0 Å². The molecule has 1 rings (SSSR count). The van der Waals surface area contributed by atoms with E-state index in [1.807, 2.05) is 0 Å². The normalized spacial score (nSPS) is 9.33. The van der Waals surface area contributed by atoms with E-state index in [0.29, 0.717) is 16.9 Å². The Labute approximate surface area is 70.9 Å². The average molecular weight is 162 g/mol. The van der Waals surface area contributed by atoms with E-state index in [9.17, 15) is 5.11 Å². The first-order valence-corrected chi connectivity index (χ1v) is 3.41. The summed E-state index contributed by atoms with van der Waals surface area (Å²) in [6.07, 6.45) is 1.54. The molecule has 3 nitrogen and oxygen atoms in total. The van der Waals surface area contributed by atoms with Crippen molar-refractivity contribution in [2.75, 3.05) is 5.73 Å². The molecule has 0 unspecified atom stereocenters. The Balaban J connectivity index is 3.48. The molecule has 0 aliphatic heterocycles. The van der Waals surface area contributed by atoms with E-state index in [-0.39, 0.29) is 5.75 Å². The number of aromatic hydroxyl groups is 1. The summed E-state index contributed by atoms with van der Waals surface area (Å²) < 4.78 is 0. The predicted octanol–water partition coefficient (Wildman–Crippen LogP) is 1.95. The SMILES string of the molecule is C=Cc1c(N)ccc(O)c1N=C. The summed E-state index contributed by atoms with van der Waals surface area (Å²) in [5, 5.41) is 9.31. The van der Waals surface area contributed by atoms with Crippen molar-refractivity contribution in [3.05, 3.63) is 24.3 Å². The Kier molecular flexibility index (Phi) is 2.14. The van der Waals surface area contributed by atoms with Crippen molar-refractivity contribution >= 4 is 24.2 Å². The summed E-state index contributed by atoms with van der Waals surface area (Å²) in [5.74, 6) is 0.0640. The highest BCUT2D eigenvalue weighted by molar-refractivity contribution is 5.79. The summed E-state index contributed by atoms with van der Waals surface area (Å²) in [5.41, 5.74) is 7.13. The van der Waals surface area contributed by atoms with Gasteiger partial charge in [0.2, 0.25) is 0 Å². The monoisotopic (exact) mass is 162 g/mol. The van der Waals surface area contributed by atoms with Crippen molar-refractivity contribution in [2.45, 2.75) is 0 Å². The molecule has 0 atom stereocenters. The molecule has 0 radical (unpaired) electrons. The third kappa shape index (κ3) is 1.16. The molecule has 0 spiro atoms. The highest BCUT2D eigenvalue weighted by Gasteiger charge is 2.05. The molecule has 12 heavy (non-hydrogen) atoms. The van der Waals surface area contributed by atoms with Crippen molar-refractivity contribution in [1.29, 1.82) is 0 Å². The van der Waals surface area contributed by atoms with Gasteiger partial charge in [0.1, 0.15) is 11.4 Å². The molecule has 3 N–H and O–H groups in total. The Morgan fingerprint density at radius 2 is 2.17 bits per heavy atom. The van der Waals surface area contributed by atoms with Crippen molar-refractivity contribution in [1.82, 2.24) is 0 Å². The lowest BCUT2D eigenvalue weighted by Gasteiger charge is -2.05. The Morgan fingerprint density at radius 3 is 2.58 bits per heavy atom. The molecule has 0 bridgehead atoms. The predicted molar refractivity (Wildman–Crippen MR) is 51.8 cm³/mol. The van der Waals surface area contributed by atoms with Crippen molar-refractivity contribution < 1.29 is 5.11 Å². The molecule has 0 aliphatic carbocycles. The number of rotatable bonds is 2. The zero-order valence-corrected chi connectivity index (χ0v) is 6.62. The van der Waals surface area contributed by atoms with Gasteiger partial charge in [0.05, 0.1) is 0 Å². The van der Waals surface area contributed by atoms with Crippen LogP contribution in [0.3, 0.4) is 0 Å². The van der Waals surface area contributed by atoms with E-state index in [0.717, 1.165) is 0 Å². The van der Waals surface area contributed by atoms with Gasteiger partial charge in [-0.15, -0.1) is 0 Å². The first-order valence-electron chi connectivity index (χ1n) is 3.41. The molecule has 62 valence electrons. The highest BCUT2D eigenvalue weighted by atomic mass is 16.3. The Hall–Kier alpha value is -1.77. The maximum Gasteiger partial charge on any atom is 0.141 e. The fraction of sp³-hybridized carbons (Fsp3) is 0. The Morgan fingerprint density at radius 1 is 1.50 bits per heavy atom. The van der Waals surface area contributed by atoms with Crippen LogP contribution in [0.5, 0.6) is 5.75 Å². The zero-order chi connectivity index (χ0) is 9.14. The smallest absolute Gasteiger partial charge is 0.141 e. The van der Waals surface area contributed by atoms with Gasteiger partial charge in [-0.2, -0.15) is 0 Å². The van der Waals surface area contributed by atoms with Crippen LogP contribution in [0, 0.1) is 0 Å². The number of phenolic OH excluding ortho intramolecular Hbond substituents is 1. The maximum absolute atomic E-state index is 9.31. The van der Waals surface area contributed by atoms with Crippen LogP contribution < -0.4 is 5.73 Å². The fourth-order valence-corrected chi connectivity index (χ4v) is 0.993. The second kappa shape index (κ2) is 3.09. The molecule has 1 aromatic rings. The van der Waals surface area contributed by atoms with Crippen LogP contribution in [0.15, 0.2) is 23.7 Å². The van der Waals surface area contributed by atoms with Crippen LogP contribution in [0.25, 0.3) is 6.08 Å². The van der Waals surface area contributed by atoms with E-state index < -0.39 is 0 Å². The second-order valence-electron chi connectivity index (χ2n) is 2.30. The van der Waals surface area contributed by atoms with Crippen molar-refractivity contribution in [3.63, 3.8) is 0 Å². The Bertz CT molecular complexity index is 299. The summed E-state index contributed by atoms with van der Waals surface area (Å²) in [4.78, 5) is 3.65. The number of nitrogens with zero attached hydrogens (tertiary/aromatic N) is 1. The number of nitrogen functional groups attached to an aromatic ring is 1. The summed E-state index contributed by atoms with van der Waals surface area (Å²) in [6, 6.07) is 3.08. The standard InChI is InChI=1S/C9H10N2O/c1-3-6-7(10)4-5-8(12)9(6)11-2/h3-5,12H,1-2,10H2. The topological polar surface area (TPSA) is 58.6 Å². The molecular formula is C9H10N2O. The minimum atomic E-state index is 0.0640. The average Bonchev–Trinajstić information content (AvgIpc) is 2.08. The number of hydrogen-bond donors (Lipinski definition) is 2. The minimum Gasteiger partial charge on any atom is -0.506 e. The van der Waals surface area contributed by atoms with Crippen LogP contribution in [-0.4, -0.2) is 11.8 Å². The van der Waals surface area contributed by atoms with E-state index >= 15 is 0 Å². The first-order chi connectivity index (χ1) is 5.70. The van der Waals surface area contributed by atoms with E-state index in [4.69, 9.17) is 5.73 Å². The van der Waals surface area contributed by atoms with Gasteiger partial charge < -0.3 is 10.8 Å². The quantitative estimate of drug-likeness (QED) is 0.396. The first kappa shape index (κ1) is 8.33. The van der Waals surface area contributed by atoms with Gasteiger partial charge in [-0.25, -0.2) is 0 Å². The van der Waals surface area contributed by atoms with Gasteiger partial charge in [-0.3, -0.25) is 4.99 Å². The van der Waals surface area contributed by atoms with E-state index in [2.05, 4.69) is 18.3 Å². The molecule has 0 saturated carbocycles. The van der Waals surface area contributed by atoms with Crippen LogP contribution in [0.2, 0.25) is 0 Å². The molecular weight excluding hydrogens is 152 g/mol. The minimum absolute atomic E-state index is 0.0640. The largest absolute Gasteiger partial charge is 0.506 e. The van der Waals surface area contributed by atoms with Crippen LogP contribution in [0.4, 0.5) is 11.4 Å². The van der Waals surface area contributed by atoms with Crippen LogP contribution in [0.1, 0.15) is 5.56 Å². The summed E-state index contributed by atoms with van der Waals surface area (Å²) in [7, 11) is 0. The zero-order valence-electron chi connectivity index (χ0n) is 6.62. The van der Waals surface area contributed by atoms with Gasteiger partial charge in [-0.05, 0) is 18.9 Å². The van der Waals surface area contributed by atoms with Gasteiger partial charge in [0, 0.05) is 11.3 Å². The molecule has 0 saturated heterocycles. The van der Waals surface area contributed by atoms with Gasteiger partial charge in [0.15, 0.2) is 0 Å². The summed E-state index contributed by atoms with van der Waals surface area (Å²) >= 11 is 0. The third-order valence-electron chi connectivity index (χ3n) is 1.59. The van der Waals surface area contributed by atoms with Gasteiger partial charge >= 0.3 is 0 Å². The number of phenols is 1. The molecule has 3 heteroatoms. The molecule has 0 aromatic heterocycles. The van der Waals surface area contributed by atoms with E-state index in [1.165, 1.54) is 6.07 Å². The van der Waals surface area contributed by atoms with Gasteiger partial charge in [0.25, 0.3) is 0 Å². The molecule has 0 aliphatic rings. The highest BCUT2D eigenvalue weighted by Crippen LogP contribution is 2.34. The molecule has 1 aromatic carbocycles. The summed E-state index contributed by atoms with van der Waals surface area (Å²) in [6.45, 7) is 6.89. The lowest BCUT2D eigenvalue weighted by molar-refractivity contribution is 0.477. The number of benzene rings is 1. The maximum atomic E-state index is 9.31. The number of hydrogen-bond acceptors (Lipinski definition) is 3. The lowest BCUT2D eigenvalue weighted by atomic mass is 10.1. The second-order valence-corrected chi connectivity index (χ2v) is 2.30. The van der Waals surface area contributed by atoms with Crippen molar-refractivity contribution in [3.8, 4) is 5.75 Å². The van der Waals surface area contributed by atoms with Crippen molar-refractivity contribution in [2.24, 2.45) is 4.99 Å². The number of aliphatic imine (C=N–C) groups is 1. The number of nitrogens with two attached hydrogens (primary N) is 1. The molecule has 0 heterocycles. The number of anilines is 1. The lowest BCUT2D eigenvalue weighted by Crippen LogP contribution is -1.88. The molecule has 0 fully saturated rings.